The third-order valence-corrected chi connectivity index (χ3v) is 6.29. The van der Waals surface area contributed by atoms with Crippen molar-refractivity contribution in [1.82, 2.24) is 9.80 Å². The molecule has 0 bridgehead atoms. The van der Waals surface area contributed by atoms with Crippen LogP contribution in [0, 0.1) is 6.92 Å². The highest BCUT2D eigenvalue weighted by Crippen LogP contribution is 2.24. The Kier molecular flexibility index (Phi) is 8.61. The molecule has 1 aliphatic heterocycles. The Morgan fingerprint density at radius 1 is 1.15 bits per heavy atom. The lowest BCUT2D eigenvalue weighted by atomic mass is 10.1. The molecular weight excluding hydrogens is 450 g/mol. The van der Waals surface area contributed by atoms with E-state index in [4.69, 9.17) is 16.3 Å². The van der Waals surface area contributed by atoms with Crippen LogP contribution in [0.3, 0.4) is 0 Å². The highest BCUT2D eigenvalue weighted by molar-refractivity contribution is 6.30. The second-order valence-corrected chi connectivity index (χ2v) is 10.4. The molecule has 0 aliphatic carbocycles. The molecule has 1 heterocycles. The van der Waals surface area contributed by atoms with Crippen LogP contribution in [0.1, 0.15) is 44.7 Å². The van der Waals surface area contributed by atoms with Crippen molar-refractivity contribution in [1.29, 1.82) is 0 Å². The standard InChI is InChI=1S/C27H36ClN3O3/c1-20-10-6-7-11-21(20)17-30(19-25(32)29(5)23-13-8-12-22(28)16-23)18-24-14-9-15-31(24)26(33)34-27(2,3)4/h6-8,10-13,16,24H,9,14-15,17-19H2,1-5H3/t24-/m0/s1. The van der Waals surface area contributed by atoms with E-state index >= 15 is 0 Å². The van der Waals surface area contributed by atoms with Gasteiger partial charge >= 0.3 is 6.09 Å². The summed E-state index contributed by atoms with van der Waals surface area (Å²) in [5.41, 5.74) is 2.56. The van der Waals surface area contributed by atoms with Gasteiger partial charge in [-0.05, 0) is 69.9 Å². The summed E-state index contributed by atoms with van der Waals surface area (Å²) in [6, 6.07) is 15.5. The molecule has 1 fully saturated rings. The number of likely N-dealkylation sites (N-methyl/N-ethyl adjacent to an activating group) is 1. The fourth-order valence-corrected chi connectivity index (χ4v) is 4.41. The molecule has 0 N–H and O–H groups in total. The van der Waals surface area contributed by atoms with Crippen molar-refractivity contribution >= 4 is 29.3 Å². The fraction of sp³-hybridized carbons (Fsp3) is 0.481. The van der Waals surface area contributed by atoms with Gasteiger partial charge in [-0.25, -0.2) is 4.79 Å². The lowest BCUT2D eigenvalue weighted by Gasteiger charge is -2.33. The molecule has 34 heavy (non-hydrogen) atoms. The lowest BCUT2D eigenvalue weighted by molar-refractivity contribution is -0.119. The van der Waals surface area contributed by atoms with Gasteiger partial charge < -0.3 is 14.5 Å². The number of halogens is 1. The molecule has 0 saturated carbocycles. The van der Waals surface area contributed by atoms with Crippen LogP contribution in [0.25, 0.3) is 0 Å². The summed E-state index contributed by atoms with van der Waals surface area (Å²) in [4.78, 5) is 31.7. The van der Waals surface area contributed by atoms with Crippen molar-refractivity contribution in [2.24, 2.45) is 0 Å². The zero-order valence-electron chi connectivity index (χ0n) is 20.9. The molecule has 0 radical (unpaired) electrons. The molecule has 7 heteroatoms. The summed E-state index contributed by atoms with van der Waals surface area (Å²) in [6.45, 7) is 9.85. The van der Waals surface area contributed by atoms with E-state index in [-0.39, 0.29) is 24.6 Å². The molecule has 0 spiro atoms. The molecule has 184 valence electrons. The van der Waals surface area contributed by atoms with Gasteiger partial charge in [0.05, 0.1) is 6.54 Å². The molecule has 6 nitrogen and oxygen atoms in total. The van der Waals surface area contributed by atoms with Crippen molar-refractivity contribution < 1.29 is 14.3 Å². The van der Waals surface area contributed by atoms with E-state index < -0.39 is 5.60 Å². The molecule has 1 saturated heterocycles. The second kappa shape index (κ2) is 11.2. The highest BCUT2D eigenvalue weighted by atomic mass is 35.5. The van der Waals surface area contributed by atoms with E-state index in [9.17, 15) is 9.59 Å². The van der Waals surface area contributed by atoms with Crippen LogP contribution in [-0.2, 0) is 16.1 Å². The zero-order chi connectivity index (χ0) is 24.9. The monoisotopic (exact) mass is 485 g/mol. The number of likely N-dealkylation sites (tertiary alicyclic amines) is 1. The van der Waals surface area contributed by atoms with Gasteiger partial charge in [0.1, 0.15) is 5.60 Å². The van der Waals surface area contributed by atoms with Gasteiger partial charge in [0, 0.05) is 43.4 Å². The van der Waals surface area contributed by atoms with Crippen LogP contribution < -0.4 is 4.90 Å². The van der Waals surface area contributed by atoms with Crippen molar-refractivity contribution in [3.05, 3.63) is 64.7 Å². The Morgan fingerprint density at radius 2 is 1.88 bits per heavy atom. The Balaban J connectivity index is 1.77. The summed E-state index contributed by atoms with van der Waals surface area (Å²) in [5, 5.41) is 0.591. The van der Waals surface area contributed by atoms with E-state index in [0.717, 1.165) is 18.5 Å². The zero-order valence-corrected chi connectivity index (χ0v) is 21.6. The van der Waals surface area contributed by atoms with Crippen LogP contribution in [0.15, 0.2) is 48.5 Å². The Labute approximate surface area is 208 Å². The number of amides is 2. The summed E-state index contributed by atoms with van der Waals surface area (Å²) in [6.07, 6.45) is 1.54. The number of hydrogen-bond donors (Lipinski definition) is 0. The maximum atomic E-state index is 13.3. The smallest absolute Gasteiger partial charge is 0.410 e. The number of hydrogen-bond acceptors (Lipinski definition) is 4. The highest BCUT2D eigenvalue weighted by Gasteiger charge is 2.34. The number of rotatable bonds is 7. The van der Waals surface area contributed by atoms with Crippen molar-refractivity contribution in [3.8, 4) is 0 Å². The van der Waals surface area contributed by atoms with Crippen molar-refractivity contribution in [3.63, 3.8) is 0 Å². The molecule has 1 atom stereocenters. The first-order chi connectivity index (χ1) is 16.0. The van der Waals surface area contributed by atoms with Crippen LogP contribution >= 0.6 is 11.6 Å². The molecular formula is C27H36ClN3O3. The predicted molar refractivity (Wildman–Crippen MR) is 137 cm³/mol. The predicted octanol–water partition coefficient (Wildman–Crippen LogP) is 5.51. The normalized spacial score (nSPS) is 16.1. The fourth-order valence-electron chi connectivity index (χ4n) is 4.22. The molecule has 2 amide bonds. The van der Waals surface area contributed by atoms with E-state index in [1.165, 1.54) is 11.1 Å². The van der Waals surface area contributed by atoms with E-state index in [0.29, 0.717) is 24.7 Å². The number of ether oxygens (including phenoxy) is 1. The minimum Gasteiger partial charge on any atom is -0.444 e. The number of carbonyl (C=O) groups is 2. The molecule has 2 aromatic rings. The van der Waals surface area contributed by atoms with Crippen LogP contribution in [-0.4, -0.2) is 60.1 Å². The first-order valence-electron chi connectivity index (χ1n) is 11.8. The minimum absolute atomic E-state index is 0.00291. The summed E-state index contributed by atoms with van der Waals surface area (Å²) in [7, 11) is 1.77. The van der Waals surface area contributed by atoms with Gasteiger partial charge in [-0.3, -0.25) is 9.69 Å². The van der Waals surface area contributed by atoms with Crippen molar-refractivity contribution in [2.45, 2.75) is 58.7 Å². The number of carbonyl (C=O) groups excluding carboxylic acids is 2. The Bertz CT molecular complexity index is 1000. The topological polar surface area (TPSA) is 53.1 Å². The maximum absolute atomic E-state index is 13.3. The van der Waals surface area contributed by atoms with Gasteiger partial charge in [-0.15, -0.1) is 0 Å². The van der Waals surface area contributed by atoms with Gasteiger partial charge in [0.2, 0.25) is 5.91 Å². The first kappa shape index (κ1) is 26.0. The van der Waals surface area contributed by atoms with Crippen LogP contribution in [0.2, 0.25) is 5.02 Å². The average molecular weight is 486 g/mol. The Morgan fingerprint density at radius 3 is 2.56 bits per heavy atom. The summed E-state index contributed by atoms with van der Waals surface area (Å²) in [5.74, 6) is -0.0299. The van der Waals surface area contributed by atoms with Gasteiger partial charge in [0.25, 0.3) is 0 Å². The molecule has 2 aromatic carbocycles. The number of nitrogens with zero attached hydrogens (tertiary/aromatic N) is 3. The first-order valence-corrected chi connectivity index (χ1v) is 12.2. The minimum atomic E-state index is -0.541. The number of aryl methyl sites for hydroxylation is 1. The van der Waals surface area contributed by atoms with Crippen LogP contribution in [0.4, 0.5) is 10.5 Å². The summed E-state index contributed by atoms with van der Waals surface area (Å²) >= 11 is 6.13. The van der Waals surface area contributed by atoms with E-state index in [2.05, 4.69) is 24.0 Å². The van der Waals surface area contributed by atoms with Gasteiger partial charge in [-0.1, -0.05) is 41.9 Å². The second-order valence-electron chi connectivity index (χ2n) is 10.00. The quantitative estimate of drug-likeness (QED) is 0.518. The lowest BCUT2D eigenvalue weighted by Crippen LogP contribution is -2.47. The number of anilines is 1. The third kappa shape index (κ3) is 7.21. The average Bonchev–Trinajstić information content (AvgIpc) is 3.22. The van der Waals surface area contributed by atoms with Gasteiger partial charge in [0.15, 0.2) is 0 Å². The van der Waals surface area contributed by atoms with Crippen LogP contribution in [0.5, 0.6) is 0 Å². The molecule has 0 aromatic heterocycles. The SMILES string of the molecule is Cc1ccccc1CN(CC(=O)N(C)c1cccc(Cl)c1)C[C@@H]1CCCN1C(=O)OC(C)(C)C. The number of benzene rings is 2. The van der Waals surface area contributed by atoms with Gasteiger partial charge in [-0.2, -0.15) is 0 Å². The largest absolute Gasteiger partial charge is 0.444 e. The molecule has 0 unspecified atom stereocenters. The summed E-state index contributed by atoms with van der Waals surface area (Å²) < 4.78 is 5.64. The van der Waals surface area contributed by atoms with E-state index in [1.807, 2.05) is 49.9 Å². The Hall–Kier alpha value is -2.57. The molecule has 1 aliphatic rings. The maximum Gasteiger partial charge on any atom is 0.410 e. The van der Waals surface area contributed by atoms with E-state index in [1.54, 1.807) is 24.1 Å². The van der Waals surface area contributed by atoms with Crippen molar-refractivity contribution in [2.75, 3.05) is 31.6 Å². The third-order valence-electron chi connectivity index (χ3n) is 6.06. The molecule has 3 rings (SSSR count).